The van der Waals surface area contributed by atoms with E-state index in [4.69, 9.17) is 5.11 Å². The van der Waals surface area contributed by atoms with E-state index in [9.17, 15) is 0 Å². The van der Waals surface area contributed by atoms with E-state index in [1.54, 1.807) is 0 Å². The van der Waals surface area contributed by atoms with Crippen LogP contribution in [0.2, 0.25) is 0 Å². The highest BCUT2D eigenvalue weighted by Gasteiger charge is 2.23. The second kappa shape index (κ2) is 3.35. The van der Waals surface area contributed by atoms with Gasteiger partial charge in [-0.25, -0.2) is 0 Å². The summed E-state index contributed by atoms with van der Waals surface area (Å²) in [5, 5.41) is 12.2. The normalized spacial score (nSPS) is 41.7. The fraction of sp³-hybridized carbons (Fsp3) is 1.00. The lowest BCUT2D eigenvalue weighted by Crippen LogP contribution is -2.45. The third kappa shape index (κ3) is 1.70. The number of hydrogen-bond acceptors (Lipinski definition) is 2. The summed E-state index contributed by atoms with van der Waals surface area (Å²) in [6.45, 7) is 5.80. The lowest BCUT2D eigenvalue weighted by atomic mass is 9.87. The van der Waals surface area contributed by atoms with Gasteiger partial charge in [-0.05, 0) is 24.8 Å². The summed E-state index contributed by atoms with van der Waals surface area (Å²) in [6, 6.07) is 0.344. The number of nitrogens with one attached hydrogen (secondary N) is 1. The van der Waals surface area contributed by atoms with E-state index < -0.39 is 0 Å². The molecule has 60 valence electrons. The third-order valence-electron chi connectivity index (χ3n) is 2.39. The van der Waals surface area contributed by atoms with Crippen LogP contribution in [0.5, 0.6) is 0 Å². The Labute approximate surface area is 62.6 Å². The minimum atomic E-state index is 0.286. The molecule has 0 aromatic carbocycles. The average Bonchev–Trinajstić information content (AvgIpc) is 1.88. The molecule has 1 saturated heterocycles. The van der Waals surface area contributed by atoms with Gasteiger partial charge in [-0.2, -0.15) is 0 Å². The number of hydrogen-bond donors (Lipinski definition) is 2. The quantitative estimate of drug-likeness (QED) is 0.564. The molecule has 1 heterocycles. The van der Waals surface area contributed by atoms with Crippen LogP contribution in [0.15, 0.2) is 0 Å². The lowest BCUT2D eigenvalue weighted by Gasteiger charge is -2.32. The van der Waals surface area contributed by atoms with Crippen molar-refractivity contribution in [2.45, 2.75) is 26.3 Å². The van der Waals surface area contributed by atoms with Crippen molar-refractivity contribution in [1.82, 2.24) is 5.32 Å². The molecule has 0 amide bonds. The van der Waals surface area contributed by atoms with Crippen LogP contribution >= 0.6 is 0 Å². The Kier molecular flexibility index (Phi) is 2.69. The molecule has 1 aliphatic heterocycles. The van der Waals surface area contributed by atoms with E-state index in [-0.39, 0.29) is 6.61 Å². The highest BCUT2D eigenvalue weighted by molar-refractivity contribution is 4.80. The Morgan fingerprint density at radius 3 is 2.70 bits per heavy atom. The molecule has 1 rings (SSSR count). The van der Waals surface area contributed by atoms with Gasteiger partial charge in [0.05, 0.1) is 6.61 Å². The van der Waals surface area contributed by atoms with Gasteiger partial charge in [0.1, 0.15) is 0 Å². The summed E-state index contributed by atoms with van der Waals surface area (Å²) < 4.78 is 0. The fourth-order valence-electron chi connectivity index (χ4n) is 1.68. The fourth-order valence-corrected chi connectivity index (χ4v) is 1.68. The maximum absolute atomic E-state index is 8.89. The Hall–Kier alpha value is -0.0800. The van der Waals surface area contributed by atoms with Crippen molar-refractivity contribution in [2.24, 2.45) is 11.8 Å². The molecule has 2 nitrogen and oxygen atoms in total. The van der Waals surface area contributed by atoms with E-state index >= 15 is 0 Å². The maximum atomic E-state index is 8.89. The topological polar surface area (TPSA) is 32.3 Å². The first-order chi connectivity index (χ1) is 4.74. The summed E-state index contributed by atoms with van der Waals surface area (Å²) in [4.78, 5) is 0. The third-order valence-corrected chi connectivity index (χ3v) is 2.39. The van der Waals surface area contributed by atoms with Crippen molar-refractivity contribution >= 4 is 0 Å². The minimum absolute atomic E-state index is 0.286. The molecule has 0 unspecified atom stereocenters. The van der Waals surface area contributed by atoms with Crippen molar-refractivity contribution in [2.75, 3.05) is 13.2 Å². The first kappa shape index (κ1) is 8.02. The van der Waals surface area contributed by atoms with Crippen molar-refractivity contribution < 1.29 is 5.11 Å². The Balaban J connectivity index is 2.36. The van der Waals surface area contributed by atoms with Crippen molar-refractivity contribution in [3.63, 3.8) is 0 Å². The van der Waals surface area contributed by atoms with Crippen LogP contribution in [0.25, 0.3) is 0 Å². The van der Waals surface area contributed by atoms with Gasteiger partial charge >= 0.3 is 0 Å². The molecule has 1 aliphatic rings. The molecule has 0 aromatic heterocycles. The van der Waals surface area contributed by atoms with Gasteiger partial charge in [-0.15, -0.1) is 0 Å². The van der Waals surface area contributed by atoms with E-state index in [0.29, 0.717) is 12.0 Å². The van der Waals surface area contributed by atoms with Gasteiger partial charge in [0, 0.05) is 6.04 Å². The molecule has 0 saturated carbocycles. The molecular weight excluding hydrogens is 126 g/mol. The van der Waals surface area contributed by atoms with E-state index in [1.165, 1.54) is 6.42 Å². The van der Waals surface area contributed by atoms with Crippen molar-refractivity contribution in [3.05, 3.63) is 0 Å². The van der Waals surface area contributed by atoms with Crippen molar-refractivity contribution in [3.8, 4) is 0 Å². The molecular formula is C8H17NO. The number of aliphatic hydroxyl groups is 1. The SMILES string of the molecule is C[C@@H]1CN[C@H](CO)[C@H](C)C1. The second-order valence-corrected chi connectivity index (χ2v) is 3.52. The smallest absolute Gasteiger partial charge is 0.0587 e. The minimum Gasteiger partial charge on any atom is -0.395 e. The van der Waals surface area contributed by atoms with Crippen LogP contribution in [0.4, 0.5) is 0 Å². The van der Waals surface area contributed by atoms with Crippen LogP contribution in [0.1, 0.15) is 20.3 Å². The standard InChI is InChI=1S/C8H17NO/c1-6-3-7(2)8(5-10)9-4-6/h6-10H,3-5H2,1-2H3/t6-,7+,8+/m0/s1. The highest BCUT2D eigenvalue weighted by Crippen LogP contribution is 2.19. The van der Waals surface area contributed by atoms with Gasteiger partial charge in [0.2, 0.25) is 0 Å². The lowest BCUT2D eigenvalue weighted by molar-refractivity contribution is 0.157. The predicted octanol–water partition coefficient (Wildman–Crippen LogP) is 0.613. The van der Waals surface area contributed by atoms with Gasteiger partial charge in [0.15, 0.2) is 0 Å². The first-order valence-electron chi connectivity index (χ1n) is 4.08. The van der Waals surface area contributed by atoms with Gasteiger partial charge in [-0.1, -0.05) is 13.8 Å². The predicted molar refractivity (Wildman–Crippen MR) is 41.8 cm³/mol. The van der Waals surface area contributed by atoms with E-state index in [0.717, 1.165) is 12.5 Å². The molecule has 0 aromatic rings. The largest absolute Gasteiger partial charge is 0.395 e. The van der Waals surface area contributed by atoms with Crippen LogP contribution < -0.4 is 5.32 Å². The molecule has 0 spiro atoms. The molecule has 0 radical (unpaired) electrons. The number of piperidine rings is 1. The van der Waals surface area contributed by atoms with Gasteiger partial charge in [0.25, 0.3) is 0 Å². The monoisotopic (exact) mass is 143 g/mol. The Morgan fingerprint density at radius 1 is 1.50 bits per heavy atom. The van der Waals surface area contributed by atoms with Crippen LogP contribution in [-0.2, 0) is 0 Å². The molecule has 1 fully saturated rings. The summed E-state index contributed by atoms with van der Waals surface area (Å²) in [5.41, 5.74) is 0. The molecule has 2 heteroatoms. The van der Waals surface area contributed by atoms with Gasteiger partial charge in [-0.3, -0.25) is 0 Å². The molecule has 0 aliphatic carbocycles. The summed E-state index contributed by atoms with van der Waals surface area (Å²) in [5.74, 6) is 1.41. The highest BCUT2D eigenvalue weighted by atomic mass is 16.3. The zero-order valence-electron chi connectivity index (χ0n) is 6.80. The summed E-state index contributed by atoms with van der Waals surface area (Å²) in [6.07, 6.45) is 1.25. The average molecular weight is 143 g/mol. The molecule has 0 bridgehead atoms. The number of aliphatic hydroxyl groups excluding tert-OH is 1. The molecule has 2 N–H and O–H groups in total. The Bertz CT molecular complexity index is 105. The van der Waals surface area contributed by atoms with Gasteiger partial charge < -0.3 is 10.4 Å². The zero-order chi connectivity index (χ0) is 7.56. The van der Waals surface area contributed by atoms with E-state index in [1.807, 2.05) is 0 Å². The second-order valence-electron chi connectivity index (χ2n) is 3.52. The maximum Gasteiger partial charge on any atom is 0.0587 e. The molecule has 3 atom stereocenters. The Morgan fingerprint density at radius 2 is 2.20 bits per heavy atom. The number of rotatable bonds is 1. The molecule has 10 heavy (non-hydrogen) atoms. The van der Waals surface area contributed by atoms with Crippen molar-refractivity contribution in [1.29, 1.82) is 0 Å². The first-order valence-corrected chi connectivity index (χ1v) is 4.08. The van der Waals surface area contributed by atoms with Crippen LogP contribution in [-0.4, -0.2) is 24.3 Å². The zero-order valence-corrected chi connectivity index (χ0v) is 6.80. The van der Waals surface area contributed by atoms with Crippen LogP contribution in [0, 0.1) is 11.8 Å². The van der Waals surface area contributed by atoms with E-state index in [2.05, 4.69) is 19.2 Å². The van der Waals surface area contributed by atoms with Crippen LogP contribution in [0.3, 0.4) is 0 Å². The summed E-state index contributed by atoms with van der Waals surface area (Å²) in [7, 11) is 0. The summed E-state index contributed by atoms with van der Waals surface area (Å²) >= 11 is 0.